The molecule has 17 heavy (non-hydrogen) atoms. The second-order valence-corrected chi connectivity index (χ2v) is 3.25. The van der Waals surface area contributed by atoms with Gasteiger partial charge in [-0.15, -0.1) is 11.6 Å². The number of nitro benzene ring substituents is 1. The maximum atomic E-state index is 11.4. The van der Waals surface area contributed by atoms with Crippen LogP contribution in [0, 0.1) is 21.4 Å². The van der Waals surface area contributed by atoms with Crippen LogP contribution in [0.3, 0.4) is 0 Å². The molecule has 0 saturated heterocycles. The molecule has 0 spiro atoms. The number of halogens is 1. The van der Waals surface area contributed by atoms with Gasteiger partial charge in [0.2, 0.25) is 0 Å². The number of methoxy groups -OCH3 is 1. The monoisotopic (exact) mass is 254 g/mol. The number of benzene rings is 1. The van der Waals surface area contributed by atoms with Gasteiger partial charge >= 0.3 is 5.97 Å². The highest BCUT2D eigenvalue weighted by atomic mass is 35.5. The number of rotatable bonds is 3. The Morgan fingerprint density at radius 3 is 2.71 bits per heavy atom. The van der Waals surface area contributed by atoms with Crippen LogP contribution in [0.15, 0.2) is 12.1 Å². The first kappa shape index (κ1) is 12.9. The highest BCUT2D eigenvalue weighted by Crippen LogP contribution is 2.28. The summed E-state index contributed by atoms with van der Waals surface area (Å²) in [6.45, 7) is 0. The molecule has 0 N–H and O–H groups in total. The third-order valence-corrected chi connectivity index (χ3v) is 2.39. The fourth-order valence-corrected chi connectivity index (χ4v) is 1.64. The van der Waals surface area contributed by atoms with Crippen molar-refractivity contribution in [3.05, 3.63) is 38.9 Å². The van der Waals surface area contributed by atoms with Crippen molar-refractivity contribution < 1.29 is 14.5 Å². The summed E-state index contributed by atoms with van der Waals surface area (Å²) in [6.07, 6.45) is 0. The molecule has 1 rings (SSSR count). The zero-order chi connectivity index (χ0) is 13.0. The smallest absolute Gasteiger partial charge is 0.338 e. The van der Waals surface area contributed by atoms with E-state index >= 15 is 0 Å². The predicted molar refractivity (Wildman–Crippen MR) is 58.7 cm³/mol. The van der Waals surface area contributed by atoms with E-state index in [0.29, 0.717) is 0 Å². The molecule has 0 amide bonds. The zero-order valence-electron chi connectivity index (χ0n) is 8.77. The molecule has 0 aromatic heterocycles. The summed E-state index contributed by atoms with van der Waals surface area (Å²) in [5.74, 6) is -0.982. The van der Waals surface area contributed by atoms with E-state index < -0.39 is 16.6 Å². The van der Waals surface area contributed by atoms with Gasteiger partial charge in [0.1, 0.15) is 11.6 Å². The Morgan fingerprint density at radius 2 is 2.29 bits per heavy atom. The summed E-state index contributed by atoms with van der Waals surface area (Å²) in [6, 6.07) is 4.17. The molecule has 6 nitrogen and oxygen atoms in total. The Labute approximate surface area is 102 Å². The SMILES string of the molecule is COC(=O)c1ccc(C#N)c([N+](=O)[O-])c1CCl. The van der Waals surface area contributed by atoms with Crippen molar-refractivity contribution in [2.24, 2.45) is 0 Å². The topological polar surface area (TPSA) is 93.2 Å². The number of esters is 1. The average Bonchev–Trinajstić information content (AvgIpc) is 2.35. The summed E-state index contributed by atoms with van der Waals surface area (Å²) in [5, 5.41) is 19.6. The number of carbonyl (C=O) groups is 1. The lowest BCUT2D eigenvalue weighted by Crippen LogP contribution is -2.08. The van der Waals surface area contributed by atoms with E-state index in [4.69, 9.17) is 16.9 Å². The van der Waals surface area contributed by atoms with E-state index in [-0.39, 0.29) is 22.6 Å². The van der Waals surface area contributed by atoms with Crippen molar-refractivity contribution in [2.45, 2.75) is 5.88 Å². The molecule has 0 bridgehead atoms. The molecule has 0 aliphatic carbocycles. The van der Waals surface area contributed by atoms with E-state index in [9.17, 15) is 14.9 Å². The number of hydrogen-bond donors (Lipinski definition) is 0. The summed E-state index contributed by atoms with van der Waals surface area (Å²) in [4.78, 5) is 21.5. The third kappa shape index (κ3) is 2.34. The fourth-order valence-electron chi connectivity index (χ4n) is 1.37. The highest BCUT2D eigenvalue weighted by Gasteiger charge is 2.25. The second kappa shape index (κ2) is 5.27. The molecule has 0 aliphatic rings. The number of nitro groups is 1. The van der Waals surface area contributed by atoms with Gasteiger partial charge in [0, 0.05) is 0 Å². The lowest BCUT2D eigenvalue weighted by molar-refractivity contribution is -0.385. The molecule has 0 heterocycles. The highest BCUT2D eigenvalue weighted by molar-refractivity contribution is 6.18. The molecule has 1 aromatic rings. The molecule has 0 fully saturated rings. The first-order valence-electron chi connectivity index (χ1n) is 4.41. The number of alkyl halides is 1. The van der Waals surface area contributed by atoms with E-state index in [1.165, 1.54) is 12.1 Å². The lowest BCUT2D eigenvalue weighted by Gasteiger charge is -2.06. The van der Waals surface area contributed by atoms with Gasteiger partial charge in [0.25, 0.3) is 5.69 Å². The summed E-state index contributed by atoms with van der Waals surface area (Å²) >= 11 is 5.59. The molecule has 0 unspecified atom stereocenters. The average molecular weight is 255 g/mol. The summed E-state index contributed by atoms with van der Waals surface area (Å²) < 4.78 is 4.48. The van der Waals surface area contributed by atoms with Crippen molar-refractivity contribution in [1.29, 1.82) is 5.26 Å². The van der Waals surface area contributed by atoms with Gasteiger partial charge in [-0.25, -0.2) is 4.79 Å². The minimum Gasteiger partial charge on any atom is -0.465 e. The van der Waals surface area contributed by atoms with Crippen molar-refractivity contribution in [1.82, 2.24) is 0 Å². The van der Waals surface area contributed by atoms with Crippen LogP contribution in [-0.4, -0.2) is 18.0 Å². The van der Waals surface area contributed by atoms with Gasteiger partial charge in [0.05, 0.1) is 29.0 Å². The molecule has 88 valence electrons. The van der Waals surface area contributed by atoms with Crippen LogP contribution in [0.4, 0.5) is 5.69 Å². The second-order valence-electron chi connectivity index (χ2n) is 2.98. The number of nitriles is 1. The lowest BCUT2D eigenvalue weighted by atomic mass is 10.0. The third-order valence-electron chi connectivity index (χ3n) is 2.12. The van der Waals surface area contributed by atoms with E-state index in [1.54, 1.807) is 6.07 Å². The largest absolute Gasteiger partial charge is 0.465 e. The molecular weight excluding hydrogens is 248 g/mol. The van der Waals surface area contributed by atoms with Crippen molar-refractivity contribution in [3.63, 3.8) is 0 Å². The first-order valence-corrected chi connectivity index (χ1v) is 4.94. The van der Waals surface area contributed by atoms with E-state index in [2.05, 4.69) is 4.74 Å². The van der Waals surface area contributed by atoms with Gasteiger partial charge < -0.3 is 4.74 Å². The van der Waals surface area contributed by atoms with Crippen LogP contribution < -0.4 is 0 Å². The normalized spacial score (nSPS) is 9.47. The maximum Gasteiger partial charge on any atom is 0.338 e. The first-order chi connectivity index (χ1) is 8.06. The fraction of sp³-hybridized carbons (Fsp3) is 0.200. The maximum absolute atomic E-state index is 11.4. The number of carbonyl (C=O) groups excluding carboxylic acids is 1. The number of hydrogen-bond acceptors (Lipinski definition) is 5. The summed E-state index contributed by atoms with van der Waals surface area (Å²) in [7, 11) is 1.16. The van der Waals surface area contributed by atoms with E-state index in [1.807, 2.05) is 0 Å². The minimum absolute atomic E-state index is 0.00630. The standard InChI is InChI=1S/C10H7ClN2O4/c1-17-10(14)7-3-2-6(5-12)9(13(15)16)8(7)4-11/h2-3H,4H2,1H3. The van der Waals surface area contributed by atoms with Gasteiger partial charge in [-0.2, -0.15) is 5.26 Å². The van der Waals surface area contributed by atoms with Gasteiger partial charge in [-0.05, 0) is 12.1 Å². The van der Waals surface area contributed by atoms with Crippen molar-refractivity contribution in [3.8, 4) is 6.07 Å². The van der Waals surface area contributed by atoms with Crippen LogP contribution in [0.5, 0.6) is 0 Å². The quantitative estimate of drug-likeness (QED) is 0.356. The number of nitrogens with zero attached hydrogens (tertiary/aromatic N) is 2. The van der Waals surface area contributed by atoms with Gasteiger partial charge in [-0.1, -0.05) is 0 Å². The Morgan fingerprint density at radius 1 is 1.65 bits per heavy atom. The molecule has 7 heteroatoms. The van der Waals surface area contributed by atoms with Crippen LogP contribution in [0.1, 0.15) is 21.5 Å². The van der Waals surface area contributed by atoms with E-state index in [0.717, 1.165) is 7.11 Å². The van der Waals surface area contributed by atoms with Crippen molar-refractivity contribution in [2.75, 3.05) is 7.11 Å². The minimum atomic E-state index is -0.733. The van der Waals surface area contributed by atoms with Crippen LogP contribution >= 0.6 is 11.6 Å². The number of ether oxygens (including phenoxy) is 1. The summed E-state index contributed by atoms with van der Waals surface area (Å²) in [5.41, 5.74) is -0.612. The molecule has 0 atom stereocenters. The molecule has 1 aromatic carbocycles. The zero-order valence-corrected chi connectivity index (χ0v) is 9.52. The predicted octanol–water partition coefficient (Wildman–Crippen LogP) is 1.99. The Balaban J connectivity index is 3.59. The van der Waals surface area contributed by atoms with Gasteiger partial charge in [0.15, 0.2) is 0 Å². The van der Waals surface area contributed by atoms with Crippen molar-refractivity contribution >= 4 is 23.3 Å². The molecular formula is C10H7ClN2O4. The van der Waals surface area contributed by atoms with Crippen LogP contribution in [-0.2, 0) is 10.6 Å². The molecule has 0 aliphatic heterocycles. The van der Waals surface area contributed by atoms with Gasteiger partial charge in [-0.3, -0.25) is 10.1 Å². The van der Waals surface area contributed by atoms with Crippen LogP contribution in [0.25, 0.3) is 0 Å². The Bertz CT molecular complexity index is 522. The molecule has 0 saturated carbocycles. The molecule has 0 radical (unpaired) electrons. The van der Waals surface area contributed by atoms with Crippen LogP contribution in [0.2, 0.25) is 0 Å². The Kier molecular flexibility index (Phi) is 4.01. The Hall–Kier alpha value is -2.13.